The normalized spacial score (nSPS) is 31.5. The molecule has 0 bridgehead atoms. The minimum atomic E-state index is 0.398. The molecule has 1 saturated carbocycles. The summed E-state index contributed by atoms with van der Waals surface area (Å²) in [7, 11) is 0. The molecular formula is C12H16O. The SMILES string of the molecule is O=C1CCC/C1=C/C1CC=CCC1. The van der Waals surface area contributed by atoms with Crippen LogP contribution in [0.5, 0.6) is 0 Å². The Morgan fingerprint density at radius 3 is 2.85 bits per heavy atom. The molecule has 0 spiro atoms. The van der Waals surface area contributed by atoms with Gasteiger partial charge in [-0.05, 0) is 43.6 Å². The third kappa shape index (κ3) is 2.09. The minimum Gasteiger partial charge on any atom is -0.295 e. The van der Waals surface area contributed by atoms with Crippen LogP contribution in [0.4, 0.5) is 0 Å². The first-order valence-corrected chi connectivity index (χ1v) is 5.25. The molecule has 0 N–H and O–H groups in total. The molecule has 0 radical (unpaired) electrons. The molecule has 0 aromatic carbocycles. The second-order valence-corrected chi connectivity index (χ2v) is 4.01. The van der Waals surface area contributed by atoms with Crippen LogP contribution in [0.2, 0.25) is 0 Å². The molecule has 0 aromatic heterocycles. The number of Topliss-reactive ketones (excluding diaryl/α,β-unsaturated/α-hetero) is 1. The van der Waals surface area contributed by atoms with E-state index in [9.17, 15) is 4.79 Å². The fourth-order valence-electron chi connectivity index (χ4n) is 2.17. The Morgan fingerprint density at radius 1 is 1.31 bits per heavy atom. The molecule has 2 aliphatic rings. The highest BCUT2D eigenvalue weighted by Crippen LogP contribution is 2.26. The number of allylic oxidation sites excluding steroid dienone is 4. The van der Waals surface area contributed by atoms with Gasteiger partial charge in [0.15, 0.2) is 5.78 Å². The maximum absolute atomic E-state index is 11.4. The van der Waals surface area contributed by atoms with Gasteiger partial charge in [-0.25, -0.2) is 0 Å². The van der Waals surface area contributed by atoms with Gasteiger partial charge in [-0.2, -0.15) is 0 Å². The van der Waals surface area contributed by atoms with Crippen molar-refractivity contribution in [1.82, 2.24) is 0 Å². The van der Waals surface area contributed by atoms with E-state index in [0.29, 0.717) is 11.7 Å². The monoisotopic (exact) mass is 176 g/mol. The maximum Gasteiger partial charge on any atom is 0.158 e. The fourth-order valence-corrected chi connectivity index (χ4v) is 2.17. The van der Waals surface area contributed by atoms with Gasteiger partial charge in [0.25, 0.3) is 0 Å². The topological polar surface area (TPSA) is 17.1 Å². The minimum absolute atomic E-state index is 0.398. The Balaban J connectivity index is 2.01. The smallest absolute Gasteiger partial charge is 0.158 e. The lowest BCUT2D eigenvalue weighted by Gasteiger charge is -2.13. The molecule has 0 aromatic rings. The van der Waals surface area contributed by atoms with E-state index in [4.69, 9.17) is 0 Å². The van der Waals surface area contributed by atoms with Crippen LogP contribution in [-0.2, 0) is 4.79 Å². The second-order valence-electron chi connectivity index (χ2n) is 4.01. The van der Waals surface area contributed by atoms with Crippen LogP contribution in [0.25, 0.3) is 0 Å². The number of carbonyl (C=O) groups excluding carboxylic acids is 1. The summed E-state index contributed by atoms with van der Waals surface area (Å²) in [6, 6.07) is 0. The van der Waals surface area contributed by atoms with E-state index < -0.39 is 0 Å². The van der Waals surface area contributed by atoms with Gasteiger partial charge < -0.3 is 0 Å². The van der Waals surface area contributed by atoms with Gasteiger partial charge in [-0.1, -0.05) is 18.2 Å². The fraction of sp³-hybridized carbons (Fsp3) is 0.583. The number of hydrogen-bond acceptors (Lipinski definition) is 1. The zero-order valence-corrected chi connectivity index (χ0v) is 7.96. The van der Waals surface area contributed by atoms with Gasteiger partial charge in [0.05, 0.1) is 0 Å². The van der Waals surface area contributed by atoms with Crippen molar-refractivity contribution in [2.24, 2.45) is 5.92 Å². The van der Waals surface area contributed by atoms with E-state index in [1.807, 2.05) is 0 Å². The van der Waals surface area contributed by atoms with Crippen molar-refractivity contribution in [3.8, 4) is 0 Å². The lowest BCUT2D eigenvalue weighted by Crippen LogP contribution is -2.02. The van der Waals surface area contributed by atoms with Crippen LogP contribution in [0.3, 0.4) is 0 Å². The maximum atomic E-state index is 11.4. The van der Waals surface area contributed by atoms with E-state index in [-0.39, 0.29) is 0 Å². The van der Waals surface area contributed by atoms with Crippen LogP contribution in [0.1, 0.15) is 38.5 Å². The standard InChI is InChI=1S/C12H16O/c13-12-8-4-7-11(12)9-10-5-2-1-3-6-10/h1-2,9-10H,3-8H2/b11-9-. The van der Waals surface area contributed by atoms with Crippen LogP contribution in [-0.4, -0.2) is 5.78 Å². The van der Waals surface area contributed by atoms with Gasteiger partial charge >= 0.3 is 0 Å². The van der Waals surface area contributed by atoms with Crippen LogP contribution < -0.4 is 0 Å². The zero-order valence-electron chi connectivity index (χ0n) is 7.96. The zero-order chi connectivity index (χ0) is 9.10. The Morgan fingerprint density at radius 2 is 2.23 bits per heavy atom. The third-order valence-electron chi connectivity index (χ3n) is 2.95. The molecule has 1 fully saturated rings. The summed E-state index contributed by atoms with van der Waals surface area (Å²) in [6.07, 6.45) is 13.2. The Kier molecular flexibility index (Phi) is 2.62. The van der Waals surface area contributed by atoms with E-state index in [1.165, 1.54) is 12.8 Å². The molecule has 0 saturated heterocycles. The average Bonchev–Trinajstić information content (AvgIpc) is 2.54. The van der Waals surface area contributed by atoms with E-state index >= 15 is 0 Å². The molecule has 0 aliphatic heterocycles. The van der Waals surface area contributed by atoms with E-state index in [1.54, 1.807) is 0 Å². The lowest BCUT2D eigenvalue weighted by atomic mass is 9.92. The molecule has 1 unspecified atom stereocenters. The first-order chi connectivity index (χ1) is 6.36. The van der Waals surface area contributed by atoms with Crippen molar-refractivity contribution in [2.45, 2.75) is 38.5 Å². The number of ketones is 1. The number of hydrogen-bond donors (Lipinski definition) is 0. The van der Waals surface area contributed by atoms with Gasteiger partial charge in [0.2, 0.25) is 0 Å². The molecular weight excluding hydrogens is 160 g/mol. The Hall–Kier alpha value is -0.850. The summed E-state index contributed by atoms with van der Waals surface area (Å²) < 4.78 is 0. The van der Waals surface area contributed by atoms with Crippen molar-refractivity contribution in [2.75, 3.05) is 0 Å². The number of rotatable bonds is 1. The largest absolute Gasteiger partial charge is 0.295 e. The molecule has 1 nitrogen and oxygen atoms in total. The quantitative estimate of drug-likeness (QED) is 0.443. The van der Waals surface area contributed by atoms with Crippen molar-refractivity contribution >= 4 is 5.78 Å². The summed E-state index contributed by atoms with van der Waals surface area (Å²) >= 11 is 0. The molecule has 1 heteroatoms. The van der Waals surface area contributed by atoms with Crippen LogP contribution in [0.15, 0.2) is 23.8 Å². The summed E-state index contributed by atoms with van der Waals surface area (Å²) in [5, 5.41) is 0. The first kappa shape index (κ1) is 8.74. The molecule has 13 heavy (non-hydrogen) atoms. The molecule has 2 aliphatic carbocycles. The van der Waals surface area contributed by atoms with E-state index in [2.05, 4.69) is 18.2 Å². The summed E-state index contributed by atoms with van der Waals surface area (Å²) in [4.78, 5) is 11.4. The van der Waals surface area contributed by atoms with Crippen molar-refractivity contribution in [3.05, 3.63) is 23.8 Å². The summed E-state index contributed by atoms with van der Waals surface area (Å²) in [5.41, 5.74) is 1.11. The van der Waals surface area contributed by atoms with Crippen LogP contribution >= 0.6 is 0 Å². The second kappa shape index (κ2) is 3.91. The average molecular weight is 176 g/mol. The third-order valence-corrected chi connectivity index (χ3v) is 2.95. The lowest BCUT2D eigenvalue weighted by molar-refractivity contribution is -0.114. The van der Waals surface area contributed by atoms with Gasteiger partial charge in [0.1, 0.15) is 0 Å². The Labute approximate surface area is 79.5 Å². The highest BCUT2D eigenvalue weighted by Gasteiger charge is 2.18. The summed E-state index contributed by atoms with van der Waals surface area (Å²) in [5.74, 6) is 1.04. The molecule has 0 amide bonds. The Bertz CT molecular complexity index is 260. The predicted octanol–water partition coefficient (Wildman–Crippen LogP) is 3.02. The predicted molar refractivity (Wildman–Crippen MR) is 53.4 cm³/mol. The van der Waals surface area contributed by atoms with Crippen LogP contribution in [0, 0.1) is 5.92 Å². The molecule has 0 heterocycles. The summed E-state index contributed by atoms with van der Waals surface area (Å²) in [6.45, 7) is 0. The highest BCUT2D eigenvalue weighted by molar-refractivity contribution is 5.97. The molecule has 70 valence electrons. The molecule has 2 rings (SSSR count). The van der Waals surface area contributed by atoms with Crippen molar-refractivity contribution in [1.29, 1.82) is 0 Å². The van der Waals surface area contributed by atoms with Crippen molar-refractivity contribution < 1.29 is 4.79 Å². The van der Waals surface area contributed by atoms with E-state index in [0.717, 1.165) is 31.3 Å². The van der Waals surface area contributed by atoms with Gasteiger partial charge in [-0.15, -0.1) is 0 Å². The number of carbonyl (C=O) groups is 1. The molecule has 1 atom stereocenters. The van der Waals surface area contributed by atoms with Crippen molar-refractivity contribution in [3.63, 3.8) is 0 Å². The highest BCUT2D eigenvalue weighted by atomic mass is 16.1. The van der Waals surface area contributed by atoms with Gasteiger partial charge in [0, 0.05) is 6.42 Å². The van der Waals surface area contributed by atoms with Gasteiger partial charge in [-0.3, -0.25) is 4.79 Å². The first-order valence-electron chi connectivity index (χ1n) is 5.25.